The Labute approximate surface area is 163 Å². The summed E-state index contributed by atoms with van der Waals surface area (Å²) < 4.78 is 5.88. The summed E-state index contributed by atoms with van der Waals surface area (Å²) in [5.41, 5.74) is 0.912. The van der Waals surface area contributed by atoms with Crippen LogP contribution >= 0.6 is 0 Å². The lowest BCUT2D eigenvalue weighted by Crippen LogP contribution is -2.23. The Kier molecular flexibility index (Phi) is 5.69. The predicted octanol–water partition coefficient (Wildman–Crippen LogP) is 5.51. The van der Waals surface area contributed by atoms with E-state index in [0.29, 0.717) is 17.0 Å². The highest BCUT2D eigenvalue weighted by Crippen LogP contribution is 2.26. The third kappa shape index (κ3) is 4.35. The molecule has 3 rings (SSSR count). The Hall–Kier alpha value is -4.10. The van der Waals surface area contributed by atoms with E-state index in [4.69, 9.17) is 10.00 Å². The minimum absolute atomic E-state index is 0.157. The van der Waals surface area contributed by atoms with E-state index < -0.39 is 0 Å². The van der Waals surface area contributed by atoms with Gasteiger partial charge in [0.1, 0.15) is 17.6 Å². The van der Waals surface area contributed by atoms with Crippen molar-refractivity contribution >= 4 is 16.7 Å². The van der Waals surface area contributed by atoms with Crippen molar-refractivity contribution in [3.63, 3.8) is 0 Å². The van der Waals surface area contributed by atoms with Crippen LogP contribution in [0, 0.1) is 11.3 Å². The lowest BCUT2D eigenvalue weighted by molar-refractivity contribution is 0.0967. The first kappa shape index (κ1) is 18.7. The maximum absolute atomic E-state index is 12.4. The van der Waals surface area contributed by atoms with Gasteiger partial charge in [0.25, 0.3) is 5.91 Å². The molecule has 0 unspecified atom stereocenters. The maximum Gasteiger partial charge on any atom is 0.255 e. The van der Waals surface area contributed by atoms with Crippen molar-refractivity contribution in [2.24, 2.45) is 0 Å². The molecule has 3 aromatic rings. The first-order chi connectivity index (χ1) is 13.6. The summed E-state index contributed by atoms with van der Waals surface area (Å²) in [4.78, 5) is 12.4. The summed E-state index contributed by atoms with van der Waals surface area (Å²) >= 11 is 0. The summed E-state index contributed by atoms with van der Waals surface area (Å²) in [5, 5.41) is 13.9. The highest BCUT2D eigenvalue weighted by atomic mass is 16.5. The lowest BCUT2D eigenvalue weighted by atomic mass is 10.1. The van der Waals surface area contributed by atoms with Crippen LogP contribution in [0.4, 0.5) is 0 Å². The standard InChI is InChI=1S/C24H18N2O2/c1-3-6-23(17(2)16-25)26-24(27)19-10-12-21(13-11-19)28-22-14-9-18-7-4-5-8-20(18)15-22/h3-15H,1-2H2,(H,26,27)/b23-6+. The van der Waals surface area contributed by atoms with E-state index in [1.54, 1.807) is 24.3 Å². The zero-order chi connectivity index (χ0) is 19.9. The number of nitriles is 1. The largest absolute Gasteiger partial charge is 0.457 e. The fourth-order valence-electron chi connectivity index (χ4n) is 2.63. The maximum atomic E-state index is 12.4. The van der Waals surface area contributed by atoms with Crippen LogP contribution in [0.1, 0.15) is 10.4 Å². The molecule has 0 saturated heterocycles. The second kappa shape index (κ2) is 8.52. The SMILES string of the molecule is C=C/C=C(/NC(=O)c1ccc(Oc2ccc3ccccc3c2)cc1)C(=C)C#N. The molecule has 4 heteroatoms. The van der Waals surface area contributed by atoms with Gasteiger partial charge in [-0.15, -0.1) is 0 Å². The first-order valence-electron chi connectivity index (χ1n) is 8.61. The predicted molar refractivity (Wildman–Crippen MR) is 111 cm³/mol. The van der Waals surface area contributed by atoms with Gasteiger partial charge >= 0.3 is 0 Å². The van der Waals surface area contributed by atoms with Gasteiger partial charge in [0.15, 0.2) is 0 Å². The lowest BCUT2D eigenvalue weighted by Gasteiger charge is -2.10. The van der Waals surface area contributed by atoms with Crippen LogP contribution in [0.5, 0.6) is 11.5 Å². The van der Waals surface area contributed by atoms with Gasteiger partial charge in [-0.25, -0.2) is 0 Å². The van der Waals surface area contributed by atoms with Gasteiger partial charge in [-0.05, 0) is 53.2 Å². The number of carbonyl (C=O) groups is 1. The fraction of sp³-hybridized carbons (Fsp3) is 0. The number of allylic oxidation sites excluding steroid dienone is 3. The number of benzene rings is 3. The van der Waals surface area contributed by atoms with Crippen LogP contribution in [0.25, 0.3) is 10.8 Å². The average Bonchev–Trinajstić information content (AvgIpc) is 2.73. The van der Waals surface area contributed by atoms with Crippen molar-refractivity contribution in [2.45, 2.75) is 0 Å². The number of hydrogen-bond acceptors (Lipinski definition) is 3. The number of nitrogens with zero attached hydrogens (tertiary/aromatic N) is 1. The summed E-state index contributed by atoms with van der Waals surface area (Å²) in [6, 6.07) is 22.6. The number of carbonyl (C=O) groups excluding carboxylic acids is 1. The topological polar surface area (TPSA) is 62.1 Å². The first-order valence-corrected chi connectivity index (χ1v) is 8.61. The van der Waals surface area contributed by atoms with Crippen molar-refractivity contribution in [2.75, 3.05) is 0 Å². The Bertz CT molecular complexity index is 1120. The Morgan fingerprint density at radius 3 is 2.36 bits per heavy atom. The van der Waals surface area contributed by atoms with Gasteiger partial charge in [0.2, 0.25) is 0 Å². The van der Waals surface area contributed by atoms with Crippen molar-refractivity contribution in [3.05, 3.63) is 109 Å². The Balaban J connectivity index is 1.72. The zero-order valence-electron chi connectivity index (χ0n) is 15.2. The van der Waals surface area contributed by atoms with Crippen molar-refractivity contribution in [1.82, 2.24) is 5.32 Å². The molecule has 0 bridgehead atoms. The molecule has 4 nitrogen and oxygen atoms in total. The van der Waals surface area contributed by atoms with Gasteiger partial charge in [0.05, 0.1) is 11.3 Å². The van der Waals surface area contributed by atoms with Crippen LogP contribution in [0.15, 0.2) is 103 Å². The number of hydrogen-bond donors (Lipinski definition) is 1. The van der Waals surface area contributed by atoms with E-state index in [9.17, 15) is 4.79 Å². The van der Waals surface area contributed by atoms with E-state index in [1.165, 1.54) is 12.2 Å². The molecular weight excluding hydrogens is 348 g/mol. The molecule has 0 aliphatic rings. The normalized spacial score (nSPS) is 10.8. The zero-order valence-corrected chi connectivity index (χ0v) is 15.2. The number of ether oxygens (including phenoxy) is 1. The molecule has 0 aliphatic carbocycles. The van der Waals surface area contributed by atoms with Crippen molar-refractivity contribution in [1.29, 1.82) is 5.26 Å². The minimum Gasteiger partial charge on any atom is -0.457 e. The Morgan fingerprint density at radius 1 is 1.00 bits per heavy atom. The van der Waals surface area contributed by atoms with E-state index in [1.807, 2.05) is 48.5 Å². The molecule has 0 saturated carbocycles. The van der Waals surface area contributed by atoms with Gasteiger partial charge in [0, 0.05) is 5.56 Å². The molecule has 0 spiro atoms. The minimum atomic E-state index is -0.346. The molecule has 0 atom stereocenters. The summed E-state index contributed by atoms with van der Waals surface area (Å²) in [5.74, 6) is 0.995. The molecule has 0 aliphatic heterocycles. The molecule has 0 aromatic heterocycles. The van der Waals surface area contributed by atoms with Crippen molar-refractivity contribution in [3.8, 4) is 17.6 Å². The van der Waals surface area contributed by atoms with E-state index in [0.717, 1.165) is 16.5 Å². The Morgan fingerprint density at radius 2 is 1.68 bits per heavy atom. The number of nitrogens with one attached hydrogen (secondary N) is 1. The summed E-state index contributed by atoms with van der Waals surface area (Å²) in [6.07, 6.45) is 3.01. The molecule has 0 heterocycles. The van der Waals surface area contributed by atoms with Gasteiger partial charge in [-0.2, -0.15) is 5.26 Å². The molecule has 1 amide bonds. The molecule has 3 aromatic carbocycles. The second-order valence-electron chi connectivity index (χ2n) is 6.00. The molecule has 0 radical (unpaired) electrons. The smallest absolute Gasteiger partial charge is 0.255 e. The third-order valence-corrected chi connectivity index (χ3v) is 4.07. The third-order valence-electron chi connectivity index (χ3n) is 4.07. The van der Waals surface area contributed by atoms with Crippen LogP contribution in [0.3, 0.4) is 0 Å². The second-order valence-corrected chi connectivity index (χ2v) is 6.00. The molecule has 0 fully saturated rings. The molecule has 28 heavy (non-hydrogen) atoms. The summed E-state index contributed by atoms with van der Waals surface area (Å²) in [7, 11) is 0. The van der Waals surface area contributed by atoms with Crippen LogP contribution < -0.4 is 10.1 Å². The summed E-state index contributed by atoms with van der Waals surface area (Å²) in [6.45, 7) is 7.18. The van der Waals surface area contributed by atoms with E-state index in [2.05, 4.69) is 18.5 Å². The van der Waals surface area contributed by atoms with Crippen LogP contribution in [-0.2, 0) is 0 Å². The van der Waals surface area contributed by atoms with Crippen LogP contribution in [0.2, 0.25) is 0 Å². The highest BCUT2D eigenvalue weighted by molar-refractivity contribution is 5.96. The van der Waals surface area contributed by atoms with Gasteiger partial charge < -0.3 is 10.1 Å². The molecule has 136 valence electrons. The quantitative estimate of drug-likeness (QED) is 0.462. The van der Waals surface area contributed by atoms with E-state index in [-0.39, 0.29) is 11.5 Å². The highest BCUT2D eigenvalue weighted by Gasteiger charge is 2.10. The molecule has 1 N–H and O–H groups in total. The monoisotopic (exact) mass is 366 g/mol. The number of amides is 1. The van der Waals surface area contributed by atoms with Crippen LogP contribution in [-0.4, -0.2) is 5.91 Å². The number of rotatable bonds is 6. The average molecular weight is 366 g/mol. The number of fused-ring (bicyclic) bond motifs is 1. The molecular formula is C24H18N2O2. The van der Waals surface area contributed by atoms with Crippen molar-refractivity contribution < 1.29 is 9.53 Å². The fourth-order valence-corrected chi connectivity index (χ4v) is 2.63. The van der Waals surface area contributed by atoms with E-state index >= 15 is 0 Å². The van der Waals surface area contributed by atoms with Gasteiger partial charge in [-0.1, -0.05) is 49.6 Å². The van der Waals surface area contributed by atoms with Gasteiger partial charge in [-0.3, -0.25) is 4.79 Å².